The smallest absolute Gasteiger partial charge is 0.225 e. The number of sulfone groups is 1. The molecule has 2 amide bonds. The third-order valence-electron chi connectivity index (χ3n) is 4.22. The molecule has 2 aliphatic heterocycles. The normalized spacial score (nSPS) is 27.3. The second kappa shape index (κ2) is 7.17. The Morgan fingerprint density at radius 1 is 1.30 bits per heavy atom. The number of amides is 2. The van der Waals surface area contributed by atoms with Crippen molar-refractivity contribution in [1.82, 2.24) is 10.2 Å². The van der Waals surface area contributed by atoms with Gasteiger partial charge < -0.3 is 15.0 Å². The third-order valence-corrected chi connectivity index (χ3v) is 5.16. The van der Waals surface area contributed by atoms with Crippen LogP contribution >= 0.6 is 0 Å². The first-order chi connectivity index (χ1) is 10.7. The van der Waals surface area contributed by atoms with Crippen molar-refractivity contribution >= 4 is 21.7 Å². The van der Waals surface area contributed by atoms with Crippen molar-refractivity contribution in [2.75, 3.05) is 31.6 Å². The molecular weight excluding hydrogens is 320 g/mol. The Balaban J connectivity index is 1.89. The van der Waals surface area contributed by atoms with Gasteiger partial charge in [-0.05, 0) is 12.3 Å². The summed E-state index contributed by atoms with van der Waals surface area (Å²) in [5.74, 6) is -0.189. The van der Waals surface area contributed by atoms with E-state index in [1.54, 1.807) is 4.90 Å². The lowest BCUT2D eigenvalue weighted by Gasteiger charge is -2.32. The molecule has 2 bridgehead atoms. The van der Waals surface area contributed by atoms with Crippen molar-refractivity contribution < 1.29 is 22.7 Å². The van der Waals surface area contributed by atoms with Gasteiger partial charge in [-0.2, -0.15) is 0 Å². The highest BCUT2D eigenvalue weighted by molar-refractivity contribution is 7.90. The Bertz CT molecular complexity index is 560. The fourth-order valence-electron chi connectivity index (χ4n) is 3.00. The Morgan fingerprint density at radius 3 is 2.61 bits per heavy atom. The predicted molar refractivity (Wildman–Crippen MR) is 85.5 cm³/mol. The second-order valence-corrected chi connectivity index (χ2v) is 9.22. The zero-order valence-electron chi connectivity index (χ0n) is 13.9. The first kappa shape index (κ1) is 18.2. The summed E-state index contributed by atoms with van der Waals surface area (Å²) in [6.45, 7) is 5.49. The number of hydrogen-bond donors (Lipinski definition) is 1. The van der Waals surface area contributed by atoms with Gasteiger partial charge in [-0.25, -0.2) is 8.42 Å². The number of likely N-dealkylation sites (tertiary alicyclic amines) is 1. The van der Waals surface area contributed by atoms with Crippen LogP contribution in [0.15, 0.2) is 0 Å². The highest BCUT2D eigenvalue weighted by atomic mass is 32.2. The SMILES string of the molecule is CC(C)CNC(=O)C1CC2CN(C(=O)CCS(C)(=O)=O)CC1O2. The molecule has 1 N–H and O–H groups in total. The molecule has 0 radical (unpaired) electrons. The van der Waals surface area contributed by atoms with E-state index in [4.69, 9.17) is 4.74 Å². The Kier molecular flexibility index (Phi) is 5.67. The first-order valence-corrected chi connectivity index (χ1v) is 10.1. The van der Waals surface area contributed by atoms with Crippen LogP contribution in [0.4, 0.5) is 0 Å². The minimum atomic E-state index is -3.15. The average Bonchev–Trinajstić information content (AvgIpc) is 2.75. The van der Waals surface area contributed by atoms with Crippen molar-refractivity contribution in [2.45, 2.75) is 38.9 Å². The van der Waals surface area contributed by atoms with Gasteiger partial charge in [-0.15, -0.1) is 0 Å². The quantitative estimate of drug-likeness (QED) is 0.719. The molecule has 0 spiro atoms. The second-order valence-electron chi connectivity index (χ2n) is 6.96. The summed E-state index contributed by atoms with van der Waals surface area (Å²) in [7, 11) is -3.15. The number of fused-ring (bicyclic) bond motifs is 2. The molecule has 0 saturated carbocycles. The summed E-state index contributed by atoms with van der Waals surface area (Å²) >= 11 is 0. The molecule has 2 aliphatic rings. The molecule has 3 unspecified atom stereocenters. The van der Waals surface area contributed by atoms with Crippen molar-refractivity contribution in [1.29, 1.82) is 0 Å². The van der Waals surface area contributed by atoms with Crippen molar-refractivity contribution in [2.24, 2.45) is 11.8 Å². The Morgan fingerprint density at radius 2 is 2.00 bits per heavy atom. The standard InChI is InChI=1S/C15H26N2O5S/c1-10(2)7-16-15(19)12-6-11-8-17(9-13(12)22-11)14(18)4-5-23(3,20)21/h10-13H,4-9H2,1-3H3,(H,16,19). The lowest BCUT2D eigenvalue weighted by atomic mass is 9.99. The van der Waals surface area contributed by atoms with Crippen molar-refractivity contribution in [3.63, 3.8) is 0 Å². The number of ether oxygens (including phenoxy) is 1. The van der Waals surface area contributed by atoms with Crippen LogP contribution in [-0.2, 0) is 24.2 Å². The van der Waals surface area contributed by atoms with Gasteiger partial charge in [0.15, 0.2) is 0 Å². The van der Waals surface area contributed by atoms with Gasteiger partial charge in [-0.1, -0.05) is 13.8 Å². The van der Waals surface area contributed by atoms with E-state index in [1.165, 1.54) is 0 Å². The van der Waals surface area contributed by atoms with Gasteiger partial charge in [0.2, 0.25) is 11.8 Å². The molecule has 0 aromatic carbocycles. The fourth-order valence-corrected chi connectivity index (χ4v) is 3.55. The predicted octanol–water partition coefficient (Wildman–Crippen LogP) is -0.191. The molecule has 0 aromatic rings. The zero-order valence-corrected chi connectivity index (χ0v) is 14.8. The maximum Gasteiger partial charge on any atom is 0.225 e. The lowest BCUT2D eigenvalue weighted by Crippen LogP contribution is -2.48. The molecule has 3 atom stereocenters. The summed E-state index contributed by atoms with van der Waals surface area (Å²) in [5, 5.41) is 2.92. The molecule has 7 nitrogen and oxygen atoms in total. The zero-order chi connectivity index (χ0) is 17.2. The summed E-state index contributed by atoms with van der Waals surface area (Å²) in [6, 6.07) is 0. The fraction of sp³-hybridized carbons (Fsp3) is 0.867. The lowest BCUT2D eigenvalue weighted by molar-refractivity contribution is -0.142. The number of hydrogen-bond acceptors (Lipinski definition) is 5. The number of carbonyl (C=O) groups excluding carboxylic acids is 2. The van der Waals surface area contributed by atoms with Crippen molar-refractivity contribution in [3.05, 3.63) is 0 Å². The van der Waals surface area contributed by atoms with Gasteiger partial charge in [0.1, 0.15) is 9.84 Å². The molecule has 8 heteroatoms. The van der Waals surface area contributed by atoms with E-state index in [1.807, 2.05) is 13.8 Å². The highest BCUT2D eigenvalue weighted by Gasteiger charge is 2.45. The molecule has 23 heavy (non-hydrogen) atoms. The summed E-state index contributed by atoms with van der Waals surface area (Å²) < 4.78 is 28.1. The molecule has 2 fully saturated rings. The Labute approximate surface area is 137 Å². The molecule has 2 rings (SSSR count). The van der Waals surface area contributed by atoms with Gasteiger partial charge in [0, 0.05) is 32.3 Å². The number of nitrogens with zero attached hydrogens (tertiary/aromatic N) is 1. The van der Waals surface area contributed by atoms with E-state index < -0.39 is 9.84 Å². The van der Waals surface area contributed by atoms with Gasteiger partial charge in [0.05, 0.1) is 23.9 Å². The van der Waals surface area contributed by atoms with E-state index in [2.05, 4.69) is 5.32 Å². The number of nitrogens with one attached hydrogen (secondary N) is 1. The van der Waals surface area contributed by atoms with E-state index in [9.17, 15) is 18.0 Å². The van der Waals surface area contributed by atoms with Crippen LogP contribution in [0.25, 0.3) is 0 Å². The average molecular weight is 346 g/mol. The third kappa shape index (κ3) is 5.17. The van der Waals surface area contributed by atoms with Crippen LogP contribution in [0.1, 0.15) is 26.7 Å². The minimum absolute atomic E-state index is 0.0114. The van der Waals surface area contributed by atoms with Gasteiger partial charge >= 0.3 is 0 Å². The molecule has 132 valence electrons. The minimum Gasteiger partial charge on any atom is -0.370 e. The number of rotatable bonds is 6. The summed E-state index contributed by atoms with van der Waals surface area (Å²) in [4.78, 5) is 26.1. The van der Waals surface area contributed by atoms with E-state index in [0.717, 1.165) is 6.26 Å². The van der Waals surface area contributed by atoms with E-state index >= 15 is 0 Å². The number of morpholine rings is 1. The van der Waals surface area contributed by atoms with Crippen LogP contribution in [0.2, 0.25) is 0 Å². The van der Waals surface area contributed by atoms with Gasteiger partial charge in [-0.3, -0.25) is 9.59 Å². The monoisotopic (exact) mass is 346 g/mol. The van der Waals surface area contributed by atoms with E-state index in [0.29, 0.717) is 32.0 Å². The molecular formula is C15H26N2O5S. The van der Waals surface area contributed by atoms with Crippen LogP contribution in [0.5, 0.6) is 0 Å². The summed E-state index contributed by atoms with van der Waals surface area (Å²) in [5.41, 5.74) is 0. The summed E-state index contributed by atoms with van der Waals surface area (Å²) in [6.07, 6.45) is 1.31. The first-order valence-electron chi connectivity index (χ1n) is 8.04. The van der Waals surface area contributed by atoms with Crippen LogP contribution in [0, 0.1) is 11.8 Å². The van der Waals surface area contributed by atoms with Crippen LogP contribution in [0.3, 0.4) is 0 Å². The molecule has 0 aromatic heterocycles. The van der Waals surface area contributed by atoms with Crippen molar-refractivity contribution in [3.8, 4) is 0 Å². The molecule has 2 saturated heterocycles. The maximum absolute atomic E-state index is 12.3. The Hall–Kier alpha value is -1.15. The topological polar surface area (TPSA) is 92.8 Å². The van der Waals surface area contributed by atoms with Gasteiger partial charge in [0.25, 0.3) is 0 Å². The molecule has 0 aliphatic carbocycles. The maximum atomic E-state index is 12.3. The number of carbonyl (C=O) groups is 2. The highest BCUT2D eigenvalue weighted by Crippen LogP contribution is 2.32. The van der Waals surface area contributed by atoms with E-state index in [-0.39, 0.29) is 42.1 Å². The largest absolute Gasteiger partial charge is 0.370 e. The molecule has 2 heterocycles. The van der Waals surface area contributed by atoms with Crippen LogP contribution in [-0.4, -0.2) is 69.0 Å². The van der Waals surface area contributed by atoms with Crippen LogP contribution < -0.4 is 5.32 Å².